The van der Waals surface area contributed by atoms with Crippen molar-refractivity contribution < 1.29 is 18.3 Å². The fourth-order valence-electron chi connectivity index (χ4n) is 1.37. The lowest BCUT2D eigenvalue weighted by Gasteiger charge is -2.22. The number of hydrogen-bond donors (Lipinski definition) is 0. The van der Waals surface area contributed by atoms with Gasteiger partial charge in [-0.1, -0.05) is 6.92 Å². The van der Waals surface area contributed by atoms with Gasteiger partial charge in [-0.25, -0.2) is 0 Å². The minimum Gasteiger partial charge on any atom is -0.373 e. The second-order valence-electron chi connectivity index (χ2n) is 3.42. The molecule has 1 aliphatic heterocycles. The van der Waals surface area contributed by atoms with E-state index in [-0.39, 0.29) is 11.8 Å². The second-order valence-corrected chi connectivity index (χ2v) is 5.89. The van der Waals surface area contributed by atoms with Crippen LogP contribution in [0.4, 0.5) is 0 Å². The molecule has 1 heterocycles. The van der Waals surface area contributed by atoms with Gasteiger partial charge in [0.2, 0.25) is 0 Å². The molecular weight excluding hydrogens is 203 g/mol. The van der Waals surface area contributed by atoms with Gasteiger partial charge in [0.1, 0.15) is 0 Å². The Morgan fingerprint density at radius 1 is 1.43 bits per heavy atom. The Morgan fingerprint density at radius 3 is 2.29 bits per heavy atom. The molecule has 0 saturated carbocycles. The third-order valence-electron chi connectivity index (χ3n) is 2.16. The van der Waals surface area contributed by atoms with E-state index >= 15 is 0 Å². The number of epoxide rings is 1. The van der Waals surface area contributed by atoms with Crippen molar-refractivity contribution in [3.63, 3.8) is 0 Å². The predicted octanol–water partition coefficient (Wildman–Crippen LogP) is 2.43. The van der Waals surface area contributed by atoms with E-state index in [0.29, 0.717) is 13.2 Å². The standard InChI is InChI=1S/C9H19O4P/c1-4-12-14(10,13-5-2)8(3)6-9-7-11-9/h8-9H,4-7H2,1-3H3. The Balaban J connectivity index is 2.49. The first-order chi connectivity index (χ1) is 6.62. The molecule has 0 aromatic carbocycles. The molecule has 1 aliphatic rings. The lowest BCUT2D eigenvalue weighted by molar-refractivity contribution is 0.210. The zero-order valence-corrected chi connectivity index (χ0v) is 9.96. The maximum Gasteiger partial charge on any atom is 0.333 e. The Hall–Kier alpha value is 0.110. The largest absolute Gasteiger partial charge is 0.373 e. The summed E-state index contributed by atoms with van der Waals surface area (Å²) < 4.78 is 27.8. The molecule has 0 spiro atoms. The molecule has 0 aromatic rings. The van der Waals surface area contributed by atoms with Crippen molar-refractivity contribution in [1.29, 1.82) is 0 Å². The molecule has 5 heteroatoms. The second kappa shape index (κ2) is 5.26. The van der Waals surface area contributed by atoms with Crippen molar-refractivity contribution in [2.75, 3.05) is 19.8 Å². The lowest BCUT2D eigenvalue weighted by atomic mass is 10.3. The summed E-state index contributed by atoms with van der Waals surface area (Å²) in [6, 6.07) is 0. The Labute approximate surface area is 85.5 Å². The molecule has 4 nitrogen and oxygen atoms in total. The van der Waals surface area contributed by atoms with Gasteiger partial charge in [0.25, 0.3) is 0 Å². The zero-order valence-electron chi connectivity index (χ0n) is 9.06. The van der Waals surface area contributed by atoms with Crippen molar-refractivity contribution in [3.05, 3.63) is 0 Å². The maximum absolute atomic E-state index is 12.2. The molecule has 0 aliphatic carbocycles. The van der Waals surface area contributed by atoms with Gasteiger partial charge in [0.05, 0.1) is 31.6 Å². The lowest BCUT2D eigenvalue weighted by Crippen LogP contribution is -2.12. The van der Waals surface area contributed by atoms with E-state index in [1.54, 1.807) is 0 Å². The highest BCUT2D eigenvalue weighted by Gasteiger charge is 2.37. The topological polar surface area (TPSA) is 48.1 Å². The van der Waals surface area contributed by atoms with Crippen LogP contribution in [0.15, 0.2) is 0 Å². The Bertz CT molecular complexity index is 205. The summed E-state index contributed by atoms with van der Waals surface area (Å²) >= 11 is 0. The highest BCUT2D eigenvalue weighted by molar-refractivity contribution is 7.54. The first-order valence-electron chi connectivity index (χ1n) is 5.12. The van der Waals surface area contributed by atoms with E-state index < -0.39 is 7.60 Å². The van der Waals surface area contributed by atoms with Crippen LogP contribution >= 0.6 is 7.60 Å². The van der Waals surface area contributed by atoms with E-state index in [4.69, 9.17) is 13.8 Å². The van der Waals surface area contributed by atoms with Gasteiger partial charge < -0.3 is 13.8 Å². The molecule has 14 heavy (non-hydrogen) atoms. The molecule has 2 unspecified atom stereocenters. The first kappa shape index (κ1) is 12.2. The zero-order chi connectivity index (χ0) is 10.6. The van der Waals surface area contributed by atoms with Crippen molar-refractivity contribution >= 4 is 7.60 Å². The molecule has 1 rings (SSSR count). The van der Waals surface area contributed by atoms with Crippen LogP contribution in [0, 0.1) is 0 Å². The van der Waals surface area contributed by atoms with Crippen LogP contribution in [0.5, 0.6) is 0 Å². The summed E-state index contributed by atoms with van der Waals surface area (Å²) in [6.45, 7) is 7.18. The SMILES string of the molecule is CCOP(=O)(OCC)C(C)CC1CO1. The normalized spacial score (nSPS) is 23.5. The average Bonchev–Trinajstić information content (AvgIpc) is 2.89. The third-order valence-corrected chi connectivity index (χ3v) is 4.69. The van der Waals surface area contributed by atoms with Crippen LogP contribution in [-0.2, 0) is 18.3 Å². The highest BCUT2D eigenvalue weighted by atomic mass is 31.2. The Morgan fingerprint density at radius 2 is 1.93 bits per heavy atom. The quantitative estimate of drug-likeness (QED) is 0.490. The number of ether oxygens (including phenoxy) is 1. The van der Waals surface area contributed by atoms with Gasteiger partial charge in [-0.05, 0) is 20.3 Å². The summed E-state index contributed by atoms with van der Waals surface area (Å²) in [4.78, 5) is 0. The van der Waals surface area contributed by atoms with Gasteiger partial charge in [-0.2, -0.15) is 0 Å². The molecule has 2 atom stereocenters. The van der Waals surface area contributed by atoms with Crippen molar-refractivity contribution in [2.24, 2.45) is 0 Å². The number of hydrogen-bond acceptors (Lipinski definition) is 4. The van der Waals surface area contributed by atoms with Crippen LogP contribution in [0.2, 0.25) is 0 Å². The van der Waals surface area contributed by atoms with E-state index in [2.05, 4.69) is 0 Å². The molecule has 1 fully saturated rings. The summed E-state index contributed by atoms with van der Waals surface area (Å²) in [5, 5.41) is 0. The minimum atomic E-state index is -2.90. The summed E-state index contributed by atoms with van der Waals surface area (Å²) in [7, 11) is -2.90. The third kappa shape index (κ3) is 3.35. The monoisotopic (exact) mass is 222 g/mol. The van der Waals surface area contributed by atoms with Crippen molar-refractivity contribution in [3.8, 4) is 0 Å². The van der Waals surface area contributed by atoms with E-state index in [1.807, 2.05) is 20.8 Å². The Kier molecular flexibility index (Phi) is 4.58. The fraction of sp³-hybridized carbons (Fsp3) is 1.00. The van der Waals surface area contributed by atoms with Crippen LogP contribution in [0.1, 0.15) is 27.2 Å². The molecule has 0 N–H and O–H groups in total. The molecule has 1 saturated heterocycles. The first-order valence-corrected chi connectivity index (χ1v) is 6.74. The van der Waals surface area contributed by atoms with E-state index in [9.17, 15) is 4.57 Å². The van der Waals surface area contributed by atoms with Crippen LogP contribution in [0.3, 0.4) is 0 Å². The average molecular weight is 222 g/mol. The molecule has 0 bridgehead atoms. The smallest absolute Gasteiger partial charge is 0.333 e. The molecule has 0 radical (unpaired) electrons. The van der Waals surface area contributed by atoms with Crippen LogP contribution < -0.4 is 0 Å². The van der Waals surface area contributed by atoms with Crippen LogP contribution in [0.25, 0.3) is 0 Å². The van der Waals surface area contributed by atoms with Crippen molar-refractivity contribution in [1.82, 2.24) is 0 Å². The van der Waals surface area contributed by atoms with E-state index in [0.717, 1.165) is 13.0 Å². The minimum absolute atomic E-state index is 0.0742. The summed E-state index contributed by atoms with van der Waals surface area (Å²) in [6.07, 6.45) is 1.02. The highest BCUT2D eigenvalue weighted by Crippen LogP contribution is 2.54. The van der Waals surface area contributed by atoms with Gasteiger partial charge in [0.15, 0.2) is 0 Å². The van der Waals surface area contributed by atoms with Gasteiger partial charge in [0, 0.05) is 0 Å². The summed E-state index contributed by atoms with van der Waals surface area (Å²) in [5.41, 5.74) is -0.0742. The van der Waals surface area contributed by atoms with Crippen LogP contribution in [-0.4, -0.2) is 31.6 Å². The molecule has 84 valence electrons. The predicted molar refractivity (Wildman–Crippen MR) is 54.7 cm³/mol. The molecular formula is C9H19O4P. The van der Waals surface area contributed by atoms with E-state index in [1.165, 1.54) is 0 Å². The number of rotatable bonds is 7. The van der Waals surface area contributed by atoms with Gasteiger partial charge in [-0.3, -0.25) is 4.57 Å². The van der Waals surface area contributed by atoms with Gasteiger partial charge >= 0.3 is 7.60 Å². The van der Waals surface area contributed by atoms with Crippen molar-refractivity contribution in [2.45, 2.75) is 39.0 Å². The summed E-state index contributed by atoms with van der Waals surface area (Å²) in [5.74, 6) is 0. The molecule has 0 aromatic heterocycles. The molecule has 0 amide bonds. The fourth-order valence-corrected chi connectivity index (χ4v) is 3.16. The van der Waals surface area contributed by atoms with Gasteiger partial charge in [-0.15, -0.1) is 0 Å². The maximum atomic E-state index is 12.2.